The molecule has 0 aliphatic rings. The van der Waals surface area contributed by atoms with Crippen molar-refractivity contribution in [1.29, 1.82) is 0 Å². The molecule has 0 saturated heterocycles. The highest BCUT2D eigenvalue weighted by Gasteiger charge is 2.23. The first-order valence-corrected chi connectivity index (χ1v) is 10.9. The summed E-state index contributed by atoms with van der Waals surface area (Å²) in [6.07, 6.45) is 1.69. The van der Waals surface area contributed by atoms with E-state index in [0.717, 1.165) is 24.6 Å². The number of ether oxygens (including phenoxy) is 1. The Morgan fingerprint density at radius 3 is 2.53 bits per heavy atom. The summed E-state index contributed by atoms with van der Waals surface area (Å²) in [7, 11) is -2.75. The number of hydrogen-bond acceptors (Lipinski definition) is 7. The molecule has 0 aliphatic heterocycles. The van der Waals surface area contributed by atoms with Crippen LogP contribution in [0.5, 0.6) is 5.75 Å². The Hall–Kier alpha value is -3.14. The molecule has 0 radical (unpaired) electrons. The highest BCUT2D eigenvalue weighted by molar-refractivity contribution is 7.93. The molecule has 10 heteroatoms. The van der Waals surface area contributed by atoms with Crippen LogP contribution in [0.4, 0.5) is 17.1 Å². The Kier molecular flexibility index (Phi) is 7.76. The van der Waals surface area contributed by atoms with Gasteiger partial charge in [-0.25, -0.2) is 8.42 Å². The van der Waals surface area contributed by atoms with Crippen LogP contribution in [0.25, 0.3) is 0 Å². The molecule has 162 valence electrons. The minimum absolute atomic E-state index is 0.131. The van der Waals surface area contributed by atoms with Crippen LogP contribution in [0.2, 0.25) is 0 Å². The quantitative estimate of drug-likeness (QED) is 0.319. The third-order valence-electron chi connectivity index (χ3n) is 4.27. The summed E-state index contributed by atoms with van der Waals surface area (Å²) in [4.78, 5) is 10.2. The monoisotopic (exact) mass is 434 g/mol. The molecule has 2 aromatic rings. The van der Waals surface area contributed by atoms with Gasteiger partial charge in [0.25, 0.3) is 15.7 Å². The predicted octanol–water partition coefficient (Wildman–Crippen LogP) is 4.63. The van der Waals surface area contributed by atoms with Gasteiger partial charge in [-0.3, -0.25) is 20.3 Å². The molecule has 0 aliphatic carbocycles. The van der Waals surface area contributed by atoms with E-state index in [1.54, 1.807) is 18.2 Å². The Morgan fingerprint density at radius 1 is 1.20 bits per heavy atom. The van der Waals surface area contributed by atoms with Gasteiger partial charge in [-0.05, 0) is 43.9 Å². The molecular formula is C20H26N4O5S. The van der Waals surface area contributed by atoms with Gasteiger partial charge in [-0.15, -0.1) is 0 Å². The smallest absolute Gasteiger partial charge is 0.270 e. The van der Waals surface area contributed by atoms with Gasteiger partial charge in [0.1, 0.15) is 10.6 Å². The van der Waals surface area contributed by atoms with Gasteiger partial charge in [-0.1, -0.05) is 26.0 Å². The van der Waals surface area contributed by atoms with Crippen molar-refractivity contribution in [1.82, 2.24) is 0 Å². The van der Waals surface area contributed by atoms with Gasteiger partial charge in [0.05, 0.1) is 23.4 Å². The Balaban J connectivity index is 2.41. The predicted molar refractivity (Wildman–Crippen MR) is 118 cm³/mol. The van der Waals surface area contributed by atoms with Gasteiger partial charge >= 0.3 is 0 Å². The summed E-state index contributed by atoms with van der Waals surface area (Å²) in [5.41, 5.74) is 3.54. The molecule has 0 atom stereocenters. The second kappa shape index (κ2) is 10.1. The summed E-state index contributed by atoms with van der Waals surface area (Å²) in [5.74, 6) is 0.832. The number of nitrogens with one attached hydrogen (secondary N) is 2. The fourth-order valence-electron chi connectivity index (χ4n) is 2.58. The number of hydrogen-bond donors (Lipinski definition) is 2. The topological polar surface area (TPSA) is 123 Å². The lowest BCUT2D eigenvalue weighted by Crippen LogP contribution is -2.16. The maximum absolute atomic E-state index is 13.0. The third kappa shape index (κ3) is 6.18. The minimum atomic E-state index is -4.17. The third-order valence-corrected chi connectivity index (χ3v) is 5.67. The highest BCUT2D eigenvalue weighted by atomic mass is 32.2. The van der Waals surface area contributed by atoms with Gasteiger partial charge < -0.3 is 4.74 Å². The fourth-order valence-corrected chi connectivity index (χ4v) is 3.82. The van der Waals surface area contributed by atoms with Gasteiger partial charge in [0.2, 0.25) is 0 Å². The average Bonchev–Trinajstić information content (AvgIpc) is 2.70. The van der Waals surface area contributed by atoms with Crippen LogP contribution in [-0.2, 0) is 10.0 Å². The second-order valence-electron chi connectivity index (χ2n) is 7.13. The summed E-state index contributed by atoms with van der Waals surface area (Å²) < 4.78 is 33.7. The molecule has 0 aromatic heterocycles. The lowest BCUT2D eigenvalue weighted by molar-refractivity contribution is -0.385. The van der Waals surface area contributed by atoms with Crippen LogP contribution in [-0.4, -0.2) is 26.2 Å². The van der Waals surface area contributed by atoms with Crippen molar-refractivity contribution in [3.05, 3.63) is 52.6 Å². The zero-order chi connectivity index (χ0) is 22.3. The van der Waals surface area contributed by atoms with Crippen LogP contribution in [0, 0.1) is 16.0 Å². The Bertz CT molecular complexity index is 1040. The first-order chi connectivity index (χ1) is 14.1. The molecule has 0 bridgehead atoms. The van der Waals surface area contributed by atoms with Crippen molar-refractivity contribution < 1.29 is 18.1 Å². The number of nitrogens with zero attached hydrogens (tertiary/aromatic N) is 2. The van der Waals surface area contributed by atoms with Crippen LogP contribution >= 0.6 is 0 Å². The lowest BCUT2D eigenvalue weighted by atomic mass is 10.1. The van der Waals surface area contributed by atoms with Crippen molar-refractivity contribution in [2.45, 2.75) is 38.5 Å². The molecule has 0 amide bonds. The van der Waals surface area contributed by atoms with E-state index in [1.165, 1.54) is 25.3 Å². The van der Waals surface area contributed by atoms with E-state index >= 15 is 0 Å². The molecule has 0 saturated carbocycles. The number of benzene rings is 2. The standard InChI is InChI=1S/C20H26N4O5S/c1-14(2)9-10-15(3)21-22-18-12-11-16(24(25)26)13-20(18)30(27,28)23-17-7-5-6-8-19(17)29-4/h5-8,11-14,22-23H,9-10H2,1-4H3. The highest BCUT2D eigenvalue weighted by Crippen LogP contribution is 2.31. The maximum atomic E-state index is 13.0. The molecular weight excluding hydrogens is 408 g/mol. The molecule has 0 unspecified atom stereocenters. The SMILES string of the molecule is COc1ccccc1NS(=O)(=O)c1cc([N+](=O)[O-])ccc1NN=C(C)CCC(C)C. The number of rotatable bonds is 10. The molecule has 2 aromatic carbocycles. The van der Waals surface area contributed by atoms with E-state index in [0.29, 0.717) is 11.7 Å². The average molecular weight is 435 g/mol. The van der Waals surface area contributed by atoms with Crippen LogP contribution < -0.4 is 14.9 Å². The Labute approximate surface area is 176 Å². The summed E-state index contributed by atoms with van der Waals surface area (Å²) in [6.45, 7) is 6.04. The zero-order valence-corrected chi connectivity index (χ0v) is 18.2. The maximum Gasteiger partial charge on any atom is 0.270 e. The number of para-hydroxylation sites is 2. The van der Waals surface area contributed by atoms with Crippen LogP contribution in [0.15, 0.2) is 52.5 Å². The molecule has 0 fully saturated rings. The lowest BCUT2D eigenvalue weighted by Gasteiger charge is -2.14. The summed E-state index contributed by atoms with van der Waals surface area (Å²) in [5, 5.41) is 15.4. The van der Waals surface area contributed by atoms with E-state index < -0.39 is 14.9 Å². The molecule has 9 nitrogen and oxygen atoms in total. The number of hydrazone groups is 1. The van der Waals surface area contributed by atoms with Crippen molar-refractivity contribution in [3.8, 4) is 5.75 Å². The van der Waals surface area contributed by atoms with Gasteiger partial charge in [0.15, 0.2) is 0 Å². The minimum Gasteiger partial charge on any atom is -0.495 e. The molecule has 2 N–H and O–H groups in total. The first-order valence-electron chi connectivity index (χ1n) is 9.37. The van der Waals surface area contributed by atoms with E-state index in [2.05, 4.69) is 29.1 Å². The van der Waals surface area contributed by atoms with Crippen molar-refractivity contribution in [2.75, 3.05) is 17.3 Å². The normalized spacial score (nSPS) is 12.0. The fraction of sp³-hybridized carbons (Fsp3) is 0.350. The van der Waals surface area contributed by atoms with E-state index in [1.807, 2.05) is 6.92 Å². The largest absolute Gasteiger partial charge is 0.495 e. The summed E-state index contributed by atoms with van der Waals surface area (Å²) >= 11 is 0. The number of anilines is 2. The molecule has 30 heavy (non-hydrogen) atoms. The summed E-state index contributed by atoms with van der Waals surface area (Å²) in [6, 6.07) is 10.0. The van der Waals surface area contributed by atoms with Gasteiger partial charge in [0, 0.05) is 17.8 Å². The zero-order valence-electron chi connectivity index (χ0n) is 17.4. The molecule has 0 heterocycles. The number of nitro benzene ring substituents is 1. The second-order valence-corrected chi connectivity index (χ2v) is 8.79. The van der Waals surface area contributed by atoms with E-state index in [4.69, 9.17) is 4.74 Å². The van der Waals surface area contributed by atoms with Crippen molar-refractivity contribution >= 4 is 32.8 Å². The number of nitro groups is 1. The van der Waals surface area contributed by atoms with E-state index in [9.17, 15) is 18.5 Å². The van der Waals surface area contributed by atoms with Crippen molar-refractivity contribution in [3.63, 3.8) is 0 Å². The number of methoxy groups -OCH3 is 1. The van der Waals surface area contributed by atoms with Crippen molar-refractivity contribution in [2.24, 2.45) is 11.0 Å². The molecule has 0 spiro atoms. The number of non-ortho nitro benzene ring substituents is 1. The Morgan fingerprint density at radius 2 is 1.90 bits per heavy atom. The molecule has 2 rings (SSSR count). The van der Waals surface area contributed by atoms with Gasteiger partial charge in [-0.2, -0.15) is 5.10 Å². The number of sulfonamides is 1. The van der Waals surface area contributed by atoms with Crippen LogP contribution in [0.3, 0.4) is 0 Å². The van der Waals surface area contributed by atoms with Crippen LogP contribution in [0.1, 0.15) is 33.6 Å². The first kappa shape index (κ1) is 23.1. The van der Waals surface area contributed by atoms with E-state index in [-0.39, 0.29) is 22.0 Å².